The molecule has 3 aromatic carbocycles. The number of thioether (sulfide) groups is 1. The topological polar surface area (TPSA) is 8.29 Å². The monoisotopic (exact) mass is 381 g/mol. The van der Waals surface area contributed by atoms with Crippen LogP contribution >= 0.6 is 11.8 Å². The maximum Gasteiger partial charge on any atom is 0.224 e. The van der Waals surface area contributed by atoms with E-state index in [2.05, 4.69) is 90.8 Å². The van der Waals surface area contributed by atoms with Crippen LogP contribution in [0.2, 0.25) is 0 Å². The van der Waals surface area contributed by atoms with E-state index in [0.29, 0.717) is 0 Å². The van der Waals surface area contributed by atoms with Crippen LogP contribution in [0.5, 0.6) is 0 Å². The van der Waals surface area contributed by atoms with Crippen LogP contribution in [0.3, 0.4) is 0 Å². The highest BCUT2D eigenvalue weighted by Crippen LogP contribution is 2.43. The van der Waals surface area contributed by atoms with Crippen LogP contribution in [0.15, 0.2) is 59.6 Å². The smallest absolute Gasteiger partial charge is 0.224 e. The molecule has 0 saturated heterocycles. The molecule has 0 bridgehead atoms. The zero-order valence-electron chi connectivity index (χ0n) is 16.5. The van der Waals surface area contributed by atoms with Gasteiger partial charge in [0.25, 0.3) is 0 Å². The molecule has 0 unspecified atom stereocenters. The van der Waals surface area contributed by atoms with Crippen LogP contribution in [0.1, 0.15) is 11.1 Å². The molecule has 6 aromatic rings. The van der Waals surface area contributed by atoms with Crippen LogP contribution in [0.4, 0.5) is 0 Å². The number of hydrogen-bond donors (Lipinski definition) is 0. The van der Waals surface area contributed by atoms with E-state index in [9.17, 15) is 0 Å². The number of rotatable bonds is 1. The number of aryl methyl sites for hydroxylation is 3. The molecule has 3 heterocycles. The molecule has 6 rings (SSSR count). The van der Waals surface area contributed by atoms with Gasteiger partial charge in [-0.2, -0.15) is 0 Å². The Bertz CT molecular complexity index is 1570. The number of aromatic nitrogens is 2. The number of para-hydroxylation sites is 1. The molecule has 0 fully saturated rings. The standard InChI is InChI=1S/C25H21N2S/c1-14-13-18-17-8-6-10-20(28-4)23(17)27-19-9-5-7-16-11-12-26(3)25(22(16)19)21(15(14)2)24(18)27/h5-13H,1-4H3/q+1. The summed E-state index contributed by atoms with van der Waals surface area (Å²) in [5.41, 5.74) is 8.04. The van der Waals surface area contributed by atoms with Crippen molar-refractivity contribution < 1.29 is 4.57 Å². The fourth-order valence-corrected chi connectivity index (χ4v) is 5.61. The molecule has 136 valence electrons. The lowest BCUT2D eigenvalue weighted by atomic mass is 9.97. The largest absolute Gasteiger partial charge is 0.306 e. The minimum Gasteiger partial charge on any atom is -0.306 e. The molecule has 0 N–H and O–H groups in total. The van der Waals surface area contributed by atoms with Gasteiger partial charge in [0, 0.05) is 21.7 Å². The lowest BCUT2D eigenvalue weighted by molar-refractivity contribution is -0.643. The van der Waals surface area contributed by atoms with Gasteiger partial charge in [0.15, 0.2) is 6.20 Å². The minimum atomic E-state index is 1.29. The van der Waals surface area contributed by atoms with Crippen LogP contribution < -0.4 is 4.57 Å². The van der Waals surface area contributed by atoms with Crippen LogP contribution in [0.25, 0.3) is 49.0 Å². The summed E-state index contributed by atoms with van der Waals surface area (Å²) in [6.07, 6.45) is 4.37. The molecular formula is C25H21N2S+. The van der Waals surface area contributed by atoms with Gasteiger partial charge in [0.2, 0.25) is 5.52 Å². The number of pyridine rings is 2. The number of nitrogens with zero attached hydrogens (tertiary/aromatic N) is 2. The van der Waals surface area contributed by atoms with Crippen molar-refractivity contribution in [2.75, 3.05) is 6.26 Å². The molecule has 0 spiro atoms. The van der Waals surface area contributed by atoms with Gasteiger partial charge in [-0.25, -0.2) is 4.57 Å². The first kappa shape index (κ1) is 16.2. The molecule has 0 saturated carbocycles. The number of benzene rings is 3. The fourth-order valence-electron chi connectivity index (χ4n) is 5.00. The van der Waals surface area contributed by atoms with Crippen LogP contribution in [0, 0.1) is 13.8 Å². The van der Waals surface area contributed by atoms with E-state index in [0.717, 1.165) is 0 Å². The third-order valence-electron chi connectivity index (χ3n) is 6.40. The van der Waals surface area contributed by atoms with Gasteiger partial charge in [-0.3, -0.25) is 0 Å². The summed E-state index contributed by atoms with van der Waals surface area (Å²) in [5, 5.41) is 6.73. The Balaban J connectivity index is 2.15. The Labute approximate surface area is 167 Å². The van der Waals surface area contributed by atoms with Crippen molar-refractivity contribution in [1.82, 2.24) is 4.40 Å². The van der Waals surface area contributed by atoms with Crippen molar-refractivity contribution in [3.63, 3.8) is 0 Å². The molecule has 3 aromatic heterocycles. The first-order valence-corrected chi connectivity index (χ1v) is 10.9. The van der Waals surface area contributed by atoms with E-state index >= 15 is 0 Å². The highest BCUT2D eigenvalue weighted by atomic mass is 32.2. The van der Waals surface area contributed by atoms with Crippen molar-refractivity contribution >= 4 is 60.8 Å². The molecule has 0 atom stereocenters. The van der Waals surface area contributed by atoms with Gasteiger partial charge in [-0.15, -0.1) is 11.8 Å². The number of fused-ring (bicyclic) bond motifs is 5. The molecule has 0 radical (unpaired) electrons. The highest BCUT2D eigenvalue weighted by molar-refractivity contribution is 7.98. The van der Waals surface area contributed by atoms with Crippen LogP contribution in [-0.2, 0) is 7.05 Å². The summed E-state index contributed by atoms with van der Waals surface area (Å²) in [5.74, 6) is 0. The molecule has 0 aliphatic carbocycles. The summed E-state index contributed by atoms with van der Waals surface area (Å²) in [6, 6.07) is 18.0. The minimum absolute atomic E-state index is 1.29. The highest BCUT2D eigenvalue weighted by Gasteiger charge is 2.25. The lowest BCUT2D eigenvalue weighted by Crippen LogP contribution is -2.29. The van der Waals surface area contributed by atoms with Gasteiger partial charge in [0.05, 0.1) is 27.3 Å². The Morgan fingerprint density at radius 1 is 0.893 bits per heavy atom. The second-order valence-corrected chi connectivity index (χ2v) is 8.65. The summed E-state index contributed by atoms with van der Waals surface area (Å²) in [4.78, 5) is 1.33. The molecule has 0 aliphatic heterocycles. The lowest BCUT2D eigenvalue weighted by Gasteiger charge is -2.14. The summed E-state index contributed by atoms with van der Waals surface area (Å²) in [6.45, 7) is 4.52. The fraction of sp³-hybridized carbons (Fsp3) is 0.160. The Hall–Kier alpha value is -2.78. The van der Waals surface area contributed by atoms with Crippen molar-refractivity contribution in [3.05, 3.63) is 65.9 Å². The van der Waals surface area contributed by atoms with E-state index in [1.165, 1.54) is 65.0 Å². The predicted molar refractivity (Wildman–Crippen MR) is 121 cm³/mol. The molecule has 2 nitrogen and oxygen atoms in total. The zero-order valence-corrected chi connectivity index (χ0v) is 17.3. The quantitative estimate of drug-likeness (QED) is 0.143. The van der Waals surface area contributed by atoms with E-state index in [1.807, 2.05) is 11.8 Å². The molecular weight excluding hydrogens is 360 g/mol. The average Bonchev–Trinajstić information content (AvgIpc) is 3.04. The Kier molecular flexibility index (Phi) is 3.12. The maximum atomic E-state index is 2.52. The molecule has 28 heavy (non-hydrogen) atoms. The third-order valence-corrected chi connectivity index (χ3v) is 7.16. The molecule has 0 aliphatic rings. The first-order chi connectivity index (χ1) is 13.6. The first-order valence-electron chi connectivity index (χ1n) is 9.65. The Morgan fingerprint density at radius 3 is 2.54 bits per heavy atom. The third kappa shape index (κ3) is 1.78. The summed E-state index contributed by atoms with van der Waals surface area (Å²) < 4.78 is 4.82. The molecule has 3 heteroatoms. The van der Waals surface area contributed by atoms with E-state index in [-0.39, 0.29) is 0 Å². The summed E-state index contributed by atoms with van der Waals surface area (Å²) >= 11 is 1.83. The SMILES string of the molecule is CSc1cccc2c3cc(C)c(C)c4c3n(c3cccc5cc[n+](C)c4c53)c12. The predicted octanol–water partition coefficient (Wildman–Crippen LogP) is 6.15. The second kappa shape index (κ2) is 5.39. The van der Waals surface area contributed by atoms with Gasteiger partial charge < -0.3 is 4.40 Å². The van der Waals surface area contributed by atoms with Gasteiger partial charge in [-0.05, 0) is 54.8 Å². The second-order valence-electron chi connectivity index (χ2n) is 7.80. The van der Waals surface area contributed by atoms with Gasteiger partial charge >= 0.3 is 0 Å². The van der Waals surface area contributed by atoms with Crippen molar-refractivity contribution in [3.8, 4) is 0 Å². The van der Waals surface area contributed by atoms with Crippen molar-refractivity contribution in [2.24, 2.45) is 7.05 Å². The van der Waals surface area contributed by atoms with Gasteiger partial charge in [-0.1, -0.05) is 24.3 Å². The zero-order chi connectivity index (χ0) is 19.2. The van der Waals surface area contributed by atoms with Crippen LogP contribution in [-0.4, -0.2) is 10.7 Å². The molecule has 0 amide bonds. The van der Waals surface area contributed by atoms with E-state index in [4.69, 9.17) is 0 Å². The summed E-state index contributed by atoms with van der Waals surface area (Å²) in [7, 11) is 2.17. The maximum absolute atomic E-state index is 2.52. The normalized spacial score (nSPS) is 12.4. The van der Waals surface area contributed by atoms with Crippen molar-refractivity contribution in [2.45, 2.75) is 18.7 Å². The van der Waals surface area contributed by atoms with E-state index < -0.39 is 0 Å². The van der Waals surface area contributed by atoms with Crippen molar-refractivity contribution in [1.29, 1.82) is 0 Å². The Morgan fingerprint density at radius 2 is 1.71 bits per heavy atom. The van der Waals surface area contributed by atoms with E-state index in [1.54, 1.807) is 0 Å². The van der Waals surface area contributed by atoms with Gasteiger partial charge in [0.1, 0.15) is 7.05 Å². The number of hydrogen-bond acceptors (Lipinski definition) is 1. The average molecular weight is 382 g/mol.